The first-order chi connectivity index (χ1) is 11.4. The number of ketones is 1. The first-order valence-electron chi connectivity index (χ1n) is 7.72. The van der Waals surface area contributed by atoms with Crippen LogP contribution < -0.4 is 10.3 Å². The minimum absolute atomic E-state index is 0.0476. The van der Waals surface area contributed by atoms with E-state index in [1.165, 1.54) is 6.92 Å². The molecular formula is C20H19NO3. The first kappa shape index (κ1) is 16.0. The maximum absolute atomic E-state index is 12.8. The highest BCUT2D eigenvalue weighted by Crippen LogP contribution is 2.27. The van der Waals surface area contributed by atoms with Crippen LogP contribution in [-0.4, -0.2) is 17.5 Å². The summed E-state index contributed by atoms with van der Waals surface area (Å²) in [5, 5.41) is 1.25. The van der Waals surface area contributed by atoms with Crippen molar-refractivity contribution in [3.05, 3.63) is 63.9 Å². The number of benzene rings is 2. The Morgan fingerprint density at radius 1 is 1.08 bits per heavy atom. The molecule has 0 radical (unpaired) electrons. The second-order valence-corrected chi connectivity index (χ2v) is 5.96. The lowest BCUT2D eigenvalue weighted by atomic mass is 9.98. The van der Waals surface area contributed by atoms with Gasteiger partial charge in [0, 0.05) is 28.9 Å². The third kappa shape index (κ3) is 2.60. The summed E-state index contributed by atoms with van der Waals surface area (Å²) in [6, 6.07) is 13.1. The van der Waals surface area contributed by atoms with E-state index in [4.69, 9.17) is 4.74 Å². The van der Waals surface area contributed by atoms with Crippen molar-refractivity contribution in [1.82, 2.24) is 4.57 Å². The highest BCUT2D eigenvalue weighted by molar-refractivity contribution is 6.07. The zero-order valence-corrected chi connectivity index (χ0v) is 14.2. The minimum atomic E-state index is -0.114. The largest absolute Gasteiger partial charge is 0.497 e. The zero-order chi connectivity index (χ0) is 17.4. The number of nitrogens with zero attached hydrogens (tertiary/aromatic N) is 1. The van der Waals surface area contributed by atoms with Crippen molar-refractivity contribution in [3.63, 3.8) is 0 Å². The van der Waals surface area contributed by atoms with E-state index in [0.717, 1.165) is 22.6 Å². The van der Waals surface area contributed by atoms with Crippen LogP contribution in [0.5, 0.6) is 5.75 Å². The van der Waals surface area contributed by atoms with Gasteiger partial charge in [0.05, 0.1) is 12.8 Å². The molecule has 0 unspecified atom stereocenters. The predicted molar refractivity (Wildman–Crippen MR) is 95.9 cm³/mol. The Hall–Kier alpha value is -2.88. The highest BCUT2D eigenvalue weighted by atomic mass is 16.5. The number of hydrogen-bond donors (Lipinski definition) is 0. The number of ether oxygens (including phenoxy) is 1. The molecule has 122 valence electrons. The average Bonchev–Trinajstić information content (AvgIpc) is 2.57. The fourth-order valence-electron chi connectivity index (χ4n) is 3.00. The van der Waals surface area contributed by atoms with E-state index in [9.17, 15) is 9.59 Å². The normalized spacial score (nSPS) is 10.8. The lowest BCUT2D eigenvalue weighted by Gasteiger charge is -2.13. The Morgan fingerprint density at radius 3 is 2.50 bits per heavy atom. The van der Waals surface area contributed by atoms with Gasteiger partial charge in [0.2, 0.25) is 0 Å². The van der Waals surface area contributed by atoms with Crippen molar-refractivity contribution >= 4 is 16.6 Å². The van der Waals surface area contributed by atoms with Gasteiger partial charge in [-0.05, 0) is 49.7 Å². The number of carbonyl (C=O) groups is 1. The third-order valence-electron chi connectivity index (χ3n) is 4.25. The lowest BCUT2D eigenvalue weighted by Crippen LogP contribution is -2.19. The van der Waals surface area contributed by atoms with Crippen LogP contribution in [0.1, 0.15) is 22.8 Å². The molecule has 0 aliphatic carbocycles. The Kier molecular flexibility index (Phi) is 3.97. The van der Waals surface area contributed by atoms with Crippen LogP contribution >= 0.6 is 0 Å². The molecule has 0 saturated heterocycles. The molecule has 3 rings (SSSR count). The number of aromatic nitrogens is 1. The number of fused-ring (bicyclic) bond motifs is 1. The van der Waals surface area contributed by atoms with Gasteiger partial charge in [-0.15, -0.1) is 0 Å². The van der Waals surface area contributed by atoms with E-state index in [1.807, 2.05) is 49.4 Å². The summed E-state index contributed by atoms with van der Waals surface area (Å²) >= 11 is 0. The molecule has 0 saturated carbocycles. The molecule has 0 aliphatic heterocycles. The second-order valence-electron chi connectivity index (χ2n) is 5.96. The molecule has 0 fully saturated rings. The van der Waals surface area contributed by atoms with Gasteiger partial charge < -0.3 is 9.30 Å². The van der Waals surface area contributed by atoms with Crippen LogP contribution in [0, 0.1) is 6.92 Å². The maximum atomic E-state index is 12.8. The predicted octanol–water partition coefficient (Wildman–Crippen LogP) is 3.73. The van der Waals surface area contributed by atoms with Crippen molar-refractivity contribution in [1.29, 1.82) is 0 Å². The van der Waals surface area contributed by atoms with Gasteiger partial charge in [0.1, 0.15) is 5.75 Å². The summed E-state index contributed by atoms with van der Waals surface area (Å²) < 4.78 is 6.88. The molecule has 0 aliphatic rings. The molecule has 1 heterocycles. The fourth-order valence-corrected chi connectivity index (χ4v) is 3.00. The quantitative estimate of drug-likeness (QED) is 0.691. The topological polar surface area (TPSA) is 48.3 Å². The van der Waals surface area contributed by atoms with E-state index < -0.39 is 0 Å². The van der Waals surface area contributed by atoms with Crippen LogP contribution in [0.2, 0.25) is 0 Å². The van der Waals surface area contributed by atoms with Crippen molar-refractivity contribution < 1.29 is 9.53 Å². The first-order valence-corrected chi connectivity index (χ1v) is 7.72. The number of carbonyl (C=O) groups excluding carboxylic acids is 1. The number of Topliss-reactive ketones (excluding diaryl/α,β-unsaturated/α-hetero) is 1. The molecule has 2 aromatic carbocycles. The number of aryl methyl sites for hydroxylation is 1. The standard InChI is InChI=1S/C20H19NO3/c1-12-8-16(13(2)22)17-11-19(21(3)20(23)18(17)9-12)14-6-5-7-15(10-14)24-4/h5-11H,1-4H3. The molecule has 0 bridgehead atoms. The highest BCUT2D eigenvalue weighted by Gasteiger charge is 2.14. The molecule has 4 heteroatoms. The van der Waals surface area contributed by atoms with Gasteiger partial charge in [-0.3, -0.25) is 9.59 Å². The van der Waals surface area contributed by atoms with Gasteiger partial charge in [0.25, 0.3) is 5.56 Å². The summed E-state index contributed by atoms with van der Waals surface area (Å²) in [7, 11) is 3.35. The van der Waals surface area contributed by atoms with Crippen molar-refractivity contribution in [2.24, 2.45) is 7.05 Å². The van der Waals surface area contributed by atoms with E-state index in [1.54, 1.807) is 18.7 Å². The van der Waals surface area contributed by atoms with Crippen LogP contribution in [0.3, 0.4) is 0 Å². The zero-order valence-electron chi connectivity index (χ0n) is 14.2. The van der Waals surface area contributed by atoms with Gasteiger partial charge in [-0.25, -0.2) is 0 Å². The van der Waals surface area contributed by atoms with Gasteiger partial charge >= 0.3 is 0 Å². The molecule has 4 nitrogen and oxygen atoms in total. The number of rotatable bonds is 3. The molecular weight excluding hydrogens is 302 g/mol. The summed E-state index contributed by atoms with van der Waals surface area (Å²) in [5.74, 6) is 0.671. The molecule has 0 N–H and O–H groups in total. The fraction of sp³-hybridized carbons (Fsp3) is 0.200. The third-order valence-corrected chi connectivity index (χ3v) is 4.25. The Bertz CT molecular complexity index is 1020. The van der Waals surface area contributed by atoms with E-state index in [2.05, 4.69) is 0 Å². The average molecular weight is 321 g/mol. The molecule has 0 amide bonds. The SMILES string of the molecule is COc1cccc(-c2cc3c(C(C)=O)cc(C)cc3c(=O)n2C)c1. The molecule has 1 aromatic heterocycles. The van der Waals surface area contributed by atoms with Gasteiger partial charge in [0.15, 0.2) is 5.78 Å². The molecule has 0 spiro atoms. The van der Waals surface area contributed by atoms with Crippen molar-refractivity contribution in [2.75, 3.05) is 7.11 Å². The summed E-state index contributed by atoms with van der Waals surface area (Å²) in [6.07, 6.45) is 0. The monoisotopic (exact) mass is 321 g/mol. The van der Waals surface area contributed by atoms with Crippen LogP contribution in [0.15, 0.2) is 47.3 Å². The smallest absolute Gasteiger partial charge is 0.258 e. The van der Waals surface area contributed by atoms with Crippen molar-refractivity contribution in [3.8, 4) is 17.0 Å². The maximum Gasteiger partial charge on any atom is 0.258 e. The van der Waals surface area contributed by atoms with Crippen molar-refractivity contribution in [2.45, 2.75) is 13.8 Å². The Labute approximate surface area is 140 Å². The van der Waals surface area contributed by atoms with Crippen LogP contribution in [0.4, 0.5) is 0 Å². The summed E-state index contributed by atoms with van der Waals surface area (Å²) in [5.41, 5.74) is 2.98. The molecule has 0 atom stereocenters. The van der Waals surface area contributed by atoms with E-state index in [0.29, 0.717) is 16.3 Å². The van der Waals surface area contributed by atoms with E-state index >= 15 is 0 Å². The number of hydrogen-bond acceptors (Lipinski definition) is 3. The van der Waals surface area contributed by atoms with Gasteiger partial charge in [-0.2, -0.15) is 0 Å². The van der Waals surface area contributed by atoms with Crippen LogP contribution in [0.25, 0.3) is 22.0 Å². The number of methoxy groups -OCH3 is 1. The van der Waals surface area contributed by atoms with E-state index in [-0.39, 0.29) is 11.3 Å². The number of pyridine rings is 1. The molecule has 24 heavy (non-hydrogen) atoms. The van der Waals surface area contributed by atoms with Gasteiger partial charge in [-0.1, -0.05) is 12.1 Å². The minimum Gasteiger partial charge on any atom is -0.497 e. The summed E-state index contributed by atoms with van der Waals surface area (Å²) in [6.45, 7) is 3.41. The molecule has 3 aromatic rings. The summed E-state index contributed by atoms with van der Waals surface area (Å²) in [4.78, 5) is 24.9. The second kappa shape index (κ2) is 5.96. The Balaban J connectivity index is 2.40. The van der Waals surface area contributed by atoms with Crippen LogP contribution in [-0.2, 0) is 7.05 Å². The lowest BCUT2D eigenvalue weighted by molar-refractivity contribution is 0.101. The Morgan fingerprint density at radius 2 is 1.83 bits per heavy atom.